The Bertz CT molecular complexity index is 753. The van der Waals surface area contributed by atoms with Gasteiger partial charge in [0.25, 0.3) is 0 Å². The molecule has 0 saturated carbocycles. The molecule has 1 unspecified atom stereocenters. The minimum Gasteiger partial charge on any atom is -0.372 e. The monoisotopic (exact) mass is 349 g/mol. The number of aryl methyl sites for hydroxylation is 1. The molecule has 2 aliphatic rings. The molecule has 1 amide bonds. The number of rotatable bonds is 3. The van der Waals surface area contributed by atoms with Gasteiger partial charge >= 0.3 is 0 Å². The van der Waals surface area contributed by atoms with E-state index in [0.29, 0.717) is 6.04 Å². The molecule has 0 aliphatic carbocycles. The molecule has 1 atom stereocenters. The van der Waals surface area contributed by atoms with E-state index in [2.05, 4.69) is 64.6 Å². The summed E-state index contributed by atoms with van der Waals surface area (Å²) in [5, 5.41) is 3.14. The lowest BCUT2D eigenvalue weighted by atomic mass is 9.98. The molecule has 1 saturated heterocycles. The number of hydrogen-bond acceptors (Lipinski definition) is 3. The average Bonchev–Trinajstić information content (AvgIpc) is 2.86. The molecule has 136 valence electrons. The Labute approximate surface area is 155 Å². The van der Waals surface area contributed by atoms with Crippen LogP contribution in [0.5, 0.6) is 0 Å². The Kier molecular flexibility index (Phi) is 4.93. The molecule has 4 rings (SSSR count). The maximum absolute atomic E-state index is 12.7. The van der Waals surface area contributed by atoms with E-state index in [9.17, 15) is 4.79 Å². The van der Waals surface area contributed by atoms with Crippen molar-refractivity contribution >= 4 is 17.3 Å². The van der Waals surface area contributed by atoms with Crippen LogP contribution in [0.1, 0.15) is 24.8 Å². The molecule has 2 aliphatic heterocycles. The van der Waals surface area contributed by atoms with Gasteiger partial charge < -0.3 is 10.2 Å². The van der Waals surface area contributed by atoms with Crippen molar-refractivity contribution in [2.24, 2.45) is 0 Å². The fourth-order valence-corrected chi connectivity index (χ4v) is 4.31. The van der Waals surface area contributed by atoms with E-state index in [4.69, 9.17) is 0 Å². The summed E-state index contributed by atoms with van der Waals surface area (Å²) in [4.78, 5) is 17.5. The first-order valence-electron chi connectivity index (χ1n) is 9.63. The van der Waals surface area contributed by atoms with Crippen LogP contribution in [0.15, 0.2) is 54.6 Å². The summed E-state index contributed by atoms with van der Waals surface area (Å²) in [6.45, 7) is 1.96. The second-order valence-corrected chi connectivity index (χ2v) is 7.41. The van der Waals surface area contributed by atoms with Crippen LogP contribution < -0.4 is 10.2 Å². The first-order chi connectivity index (χ1) is 12.7. The van der Waals surface area contributed by atoms with Gasteiger partial charge in [0.05, 0.1) is 6.04 Å². The molecule has 2 aromatic carbocycles. The van der Waals surface area contributed by atoms with Crippen LogP contribution in [0.4, 0.5) is 11.4 Å². The molecule has 0 radical (unpaired) electrons. The van der Waals surface area contributed by atoms with Crippen LogP contribution in [0.3, 0.4) is 0 Å². The second-order valence-electron chi connectivity index (χ2n) is 7.41. The third-order valence-electron chi connectivity index (χ3n) is 5.92. The zero-order chi connectivity index (χ0) is 17.9. The quantitative estimate of drug-likeness (QED) is 0.921. The Hall–Kier alpha value is -2.33. The van der Waals surface area contributed by atoms with Crippen LogP contribution in [0.25, 0.3) is 0 Å². The summed E-state index contributed by atoms with van der Waals surface area (Å²) in [6.07, 6.45) is 4.07. The van der Waals surface area contributed by atoms with Crippen molar-refractivity contribution in [2.45, 2.75) is 37.8 Å². The Morgan fingerprint density at radius 1 is 0.962 bits per heavy atom. The standard InChI is InChI=1S/C22H27N3O/c1-24(18-8-3-2-4-9-18)19-13-15-25(16-14-19)21-12-11-17-7-5-6-10-20(17)23-22(21)26/h2-10,19,21H,11-16H2,1H3,(H,23,26). The number of nitrogens with one attached hydrogen (secondary N) is 1. The molecule has 4 nitrogen and oxygen atoms in total. The molecular weight excluding hydrogens is 322 g/mol. The number of benzene rings is 2. The van der Waals surface area contributed by atoms with Gasteiger partial charge in [-0.3, -0.25) is 9.69 Å². The molecule has 1 N–H and O–H groups in total. The predicted molar refractivity (Wildman–Crippen MR) is 107 cm³/mol. The topological polar surface area (TPSA) is 35.6 Å². The molecular formula is C22H27N3O. The minimum atomic E-state index is -0.00891. The summed E-state index contributed by atoms with van der Waals surface area (Å²) >= 11 is 0. The fraction of sp³-hybridized carbons (Fsp3) is 0.409. The Morgan fingerprint density at radius 3 is 2.42 bits per heavy atom. The maximum Gasteiger partial charge on any atom is 0.241 e. The third kappa shape index (κ3) is 3.47. The van der Waals surface area contributed by atoms with Gasteiger partial charge in [0.1, 0.15) is 0 Å². The molecule has 26 heavy (non-hydrogen) atoms. The average molecular weight is 349 g/mol. The number of amides is 1. The lowest BCUT2D eigenvalue weighted by Crippen LogP contribution is -2.50. The van der Waals surface area contributed by atoms with Crippen LogP contribution in [0, 0.1) is 0 Å². The first kappa shape index (κ1) is 17.1. The van der Waals surface area contributed by atoms with E-state index in [-0.39, 0.29) is 11.9 Å². The van der Waals surface area contributed by atoms with E-state index >= 15 is 0 Å². The number of nitrogens with zero attached hydrogens (tertiary/aromatic N) is 2. The summed E-state index contributed by atoms with van der Waals surface area (Å²) in [5.74, 6) is 0.157. The van der Waals surface area contributed by atoms with E-state index in [1.54, 1.807) is 0 Å². The van der Waals surface area contributed by atoms with Gasteiger partial charge in [-0.15, -0.1) is 0 Å². The number of hydrogen-bond donors (Lipinski definition) is 1. The Balaban J connectivity index is 1.38. The molecule has 2 heterocycles. The number of carbonyl (C=O) groups is 1. The van der Waals surface area contributed by atoms with Gasteiger partial charge in [-0.05, 0) is 49.4 Å². The van der Waals surface area contributed by atoms with E-state index in [1.807, 2.05) is 12.1 Å². The zero-order valence-electron chi connectivity index (χ0n) is 15.4. The molecule has 1 fully saturated rings. The SMILES string of the molecule is CN(c1ccccc1)C1CCN(C2CCc3ccccc3NC2=O)CC1. The highest BCUT2D eigenvalue weighted by Crippen LogP contribution is 2.27. The van der Waals surface area contributed by atoms with Gasteiger partial charge in [0.15, 0.2) is 0 Å². The van der Waals surface area contributed by atoms with Gasteiger partial charge in [-0.1, -0.05) is 36.4 Å². The highest BCUT2D eigenvalue weighted by molar-refractivity contribution is 5.96. The van der Waals surface area contributed by atoms with Crippen molar-refractivity contribution < 1.29 is 4.79 Å². The molecule has 0 bridgehead atoms. The first-order valence-corrected chi connectivity index (χ1v) is 9.63. The van der Waals surface area contributed by atoms with E-state index in [1.165, 1.54) is 11.3 Å². The van der Waals surface area contributed by atoms with Crippen LogP contribution in [-0.2, 0) is 11.2 Å². The molecule has 2 aromatic rings. The van der Waals surface area contributed by atoms with Gasteiger partial charge in [-0.25, -0.2) is 0 Å². The molecule has 4 heteroatoms. The highest BCUT2D eigenvalue weighted by atomic mass is 16.2. The predicted octanol–water partition coefficient (Wildman–Crippen LogP) is 3.54. The van der Waals surface area contributed by atoms with E-state index < -0.39 is 0 Å². The van der Waals surface area contributed by atoms with Crippen LogP contribution in [0.2, 0.25) is 0 Å². The second kappa shape index (κ2) is 7.50. The summed E-state index contributed by atoms with van der Waals surface area (Å²) in [5.41, 5.74) is 3.51. The summed E-state index contributed by atoms with van der Waals surface area (Å²) in [6, 6.07) is 19.3. The van der Waals surface area contributed by atoms with Crippen molar-refractivity contribution in [3.8, 4) is 0 Å². The number of piperidine rings is 1. The zero-order valence-corrected chi connectivity index (χ0v) is 15.4. The van der Waals surface area contributed by atoms with Crippen LogP contribution >= 0.6 is 0 Å². The number of fused-ring (bicyclic) bond motifs is 1. The smallest absolute Gasteiger partial charge is 0.241 e. The maximum atomic E-state index is 12.7. The molecule has 0 aromatic heterocycles. The lowest BCUT2D eigenvalue weighted by Gasteiger charge is -2.40. The minimum absolute atomic E-state index is 0.00891. The Morgan fingerprint density at radius 2 is 1.65 bits per heavy atom. The van der Waals surface area contributed by atoms with Gasteiger partial charge in [0, 0.05) is 37.6 Å². The van der Waals surface area contributed by atoms with Crippen molar-refractivity contribution in [2.75, 3.05) is 30.4 Å². The van der Waals surface area contributed by atoms with Crippen molar-refractivity contribution in [3.05, 3.63) is 60.2 Å². The third-order valence-corrected chi connectivity index (χ3v) is 5.92. The largest absolute Gasteiger partial charge is 0.372 e. The molecule has 0 spiro atoms. The normalized spacial score (nSPS) is 21.6. The summed E-state index contributed by atoms with van der Waals surface area (Å²) in [7, 11) is 2.19. The van der Waals surface area contributed by atoms with Crippen molar-refractivity contribution in [1.29, 1.82) is 0 Å². The van der Waals surface area contributed by atoms with Crippen LogP contribution in [-0.4, -0.2) is 43.0 Å². The lowest BCUT2D eigenvalue weighted by molar-refractivity contribution is -0.121. The highest BCUT2D eigenvalue weighted by Gasteiger charge is 2.32. The number of carbonyl (C=O) groups excluding carboxylic acids is 1. The van der Waals surface area contributed by atoms with Gasteiger partial charge in [0.2, 0.25) is 5.91 Å². The number of likely N-dealkylation sites (tertiary alicyclic amines) is 1. The van der Waals surface area contributed by atoms with Crippen molar-refractivity contribution in [3.63, 3.8) is 0 Å². The summed E-state index contributed by atoms with van der Waals surface area (Å²) < 4.78 is 0. The van der Waals surface area contributed by atoms with Gasteiger partial charge in [-0.2, -0.15) is 0 Å². The number of para-hydroxylation sites is 2. The fourth-order valence-electron chi connectivity index (χ4n) is 4.31. The van der Waals surface area contributed by atoms with E-state index in [0.717, 1.165) is 44.5 Å². The number of anilines is 2. The van der Waals surface area contributed by atoms with Crippen molar-refractivity contribution in [1.82, 2.24) is 4.90 Å².